The van der Waals surface area contributed by atoms with Gasteiger partial charge >= 0.3 is 292 Å². The normalized spacial score (nSPS) is 12.9. The number of rotatable bonds is 12. The molecule has 0 saturated heterocycles. The monoisotopic (exact) mass is 710 g/mol. The van der Waals surface area contributed by atoms with Crippen LogP contribution in [0.5, 0.6) is 0 Å². The van der Waals surface area contributed by atoms with Gasteiger partial charge in [-0.15, -0.1) is 0 Å². The molecule has 5 heteroatoms. The van der Waals surface area contributed by atoms with Gasteiger partial charge in [0.1, 0.15) is 0 Å². The Kier molecular flexibility index (Phi) is 12.9. The van der Waals surface area contributed by atoms with Crippen molar-refractivity contribution in [1.29, 1.82) is 0 Å². The topological polar surface area (TPSA) is 15.6 Å². The van der Waals surface area contributed by atoms with E-state index in [0.29, 0.717) is 23.7 Å². The van der Waals surface area contributed by atoms with Gasteiger partial charge in [-0.05, 0) is 0 Å². The first-order chi connectivity index (χ1) is 22.0. The second kappa shape index (κ2) is 16.5. The van der Waals surface area contributed by atoms with Crippen LogP contribution in [-0.2, 0) is 0 Å². The minimum absolute atomic E-state index is 0.362. The average molecular weight is 710 g/mol. The van der Waals surface area contributed by atoms with Gasteiger partial charge in [0.2, 0.25) is 0 Å². The van der Waals surface area contributed by atoms with E-state index in [1.54, 1.807) is 0 Å². The molecule has 4 aromatic rings. The molecular formula is C41H50ClGeN2P. The molecule has 0 unspecified atom stereocenters. The Balaban J connectivity index is 2.15. The third-order valence-corrected chi connectivity index (χ3v) is 13.7. The number of hydrogen-bond donors (Lipinski definition) is 0. The van der Waals surface area contributed by atoms with Crippen LogP contribution in [0.25, 0.3) is 0 Å². The molecule has 0 fully saturated rings. The van der Waals surface area contributed by atoms with Crippen LogP contribution >= 0.6 is 17.9 Å². The van der Waals surface area contributed by atoms with Crippen LogP contribution in [0.15, 0.2) is 113 Å². The van der Waals surface area contributed by atoms with Crippen molar-refractivity contribution in [2.75, 3.05) is 3.86 Å². The third kappa shape index (κ3) is 8.07. The number of benzene rings is 4. The number of allylic oxidation sites excluding steroid dienone is 2. The fraction of sp³-hybridized carbons (Fsp3) is 0.341. The molecule has 0 atom stereocenters. The van der Waals surface area contributed by atoms with Gasteiger partial charge in [0.15, 0.2) is 0 Å². The van der Waals surface area contributed by atoms with Crippen molar-refractivity contribution >= 4 is 60.4 Å². The predicted molar refractivity (Wildman–Crippen MR) is 208 cm³/mol. The van der Waals surface area contributed by atoms with Gasteiger partial charge in [0.05, 0.1) is 0 Å². The van der Waals surface area contributed by atoms with Gasteiger partial charge in [-0.3, -0.25) is 0 Å². The van der Waals surface area contributed by atoms with Gasteiger partial charge in [-0.1, -0.05) is 0 Å². The van der Waals surface area contributed by atoms with E-state index in [4.69, 9.17) is 15.0 Å². The third-order valence-electron chi connectivity index (χ3n) is 8.55. The van der Waals surface area contributed by atoms with Gasteiger partial charge in [0, 0.05) is 0 Å². The van der Waals surface area contributed by atoms with E-state index >= 15 is 0 Å². The molecule has 0 aromatic heterocycles. The molecular weight excluding hydrogens is 660 g/mol. The molecule has 0 aliphatic rings. The van der Waals surface area contributed by atoms with E-state index in [0.717, 1.165) is 11.4 Å². The molecule has 0 amide bonds. The SMILES string of the molecule is CC(=Nc1c(C(C)C)cccc1C(C)C)/C(=C(\C)[N]([Ge][Cl])c1c(C(C)C)cccc1C(C)C)P(c1ccccc1)c1ccccc1. The quantitative estimate of drug-likeness (QED) is 0.0812. The maximum atomic E-state index is 7.17. The Morgan fingerprint density at radius 3 is 1.35 bits per heavy atom. The zero-order valence-electron chi connectivity index (χ0n) is 29.3. The van der Waals surface area contributed by atoms with E-state index < -0.39 is 22.6 Å². The number of aliphatic imine (C=N–C) groups is 1. The summed E-state index contributed by atoms with van der Waals surface area (Å²) < 4.78 is 2.49. The zero-order valence-corrected chi connectivity index (χ0v) is 33.0. The summed E-state index contributed by atoms with van der Waals surface area (Å²) >= 11 is -1.05. The second-order valence-corrected chi connectivity index (χ2v) is 17.6. The minimum atomic E-state index is -1.05. The van der Waals surface area contributed by atoms with Gasteiger partial charge in [-0.25, -0.2) is 0 Å². The number of halogens is 1. The van der Waals surface area contributed by atoms with Gasteiger partial charge in [0.25, 0.3) is 0 Å². The molecule has 2 radical (unpaired) electrons. The first-order valence-electron chi connectivity index (χ1n) is 16.6. The van der Waals surface area contributed by atoms with Crippen molar-refractivity contribution in [3.63, 3.8) is 0 Å². The maximum absolute atomic E-state index is 7.17. The Hall–Kier alpha value is -2.65. The molecule has 0 saturated carbocycles. The molecule has 0 aliphatic carbocycles. The molecule has 2 nitrogen and oxygen atoms in total. The fourth-order valence-corrected chi connectivity index (χ4v) is 11.2. The summed E-state index contributed by atoms with van der Waals surface area (Å²) in [6.07, 6.45) is 0. The molecule has 240 valence electrons. The molecule has 4 aromatic carbocycles. The van der Waals surface area contributed by atoms with E-state index in [1.807, 2.05) is 0 Å². The number of anilines is 1. The summed E-state index contributed by atoms with van der Waals surface area (Å²) in [4.78, 5) is 5.64. The number of para-hydroxylation sites is 2. The molecule has 0 aliphatic heterocycles. The van der Waals surface area contributed by atoms with Crippen molar-refractivity contribution in [2.45, 2.75) is 92.9 Å². The van der Waals surface area contributed by atoms with Gasteiger partial charge < -0.3 is 0 Å². The van der Waals surface area contributed by atoms with E-state index in [2.05, 4.69) is 170 Å². The summed E-state index contributed by atoms with van der Waals surface area (Å²) in [5.74, 6) is 1.46. The molecule has 0 bridgehead atoms. The Bertz CT molecular complexity index is 1570. The first-order valence-corrected chi connectivity index (χ1v) is 21.6. The fourth-order valence-electron chi connectivity index (χ4n) is 6.16. The summed E-state index contributed by atoms with van der Waals surface area (Å²) in [7, 11) is 6.22. The molecule has 4 rings (SSSR count). The molecule has 0 N–H and O–H groups in total. The van der Waals surface area contributed by atoms with E-state index in [1.165, 1.54) is 49.6 Å². The summed E-state index contributed by atoms with van der Waals surface area (Å²) in [5, 5.41) is 3.90. The van der Waals surface area contributed by atoms with E-state index in [9.17, 15) is 0 Å². The van der Waals surface area contributed by atoms with Crippen LogP contribution in [0.3, 0.4) is 0 Å². The predicted octanol–water partition coefficient (Wildman–Crippen LogP) is 11.9. The Morgan fingerprint density at radius 1 is 0.587 bits per heavy atom. The standard InChI is InChI=1S/C41H50ClGeN2P/c1-27(2)35-23-17-24-36(28(3)4)39(35)44-31(9)41(46(33-19-13-11-14-20-33)34-21-15-12-16-22-34)32(10)45(43-42)40-37(29(5)6)25-18-26-38(40)30(7)8/h11-30H,1-10H3/b41-32-,44-31?. The van der Waals surface area contributed by atoms with E-state index in [-0.39, 0.29) is 0 Å². The van der Waals surface area contributed by atoms with Crippen LogP contribution in [0.4, 0.5) is 11.4 Å². The summed E-state index contributed by atoms with van der Waals surface area (Å²) in [6.45, 7) is 22.8. The first kappa shape index (κ1) is 36.2. The Labute approximate surface area is 291 Å². The molecule has 0 spiro atoms. The summed E-state index contributed by atoms with van der Waals surface area (Å²) in [5.41, 5.74) is 9.94. The molecule has 46 heavy (non-hydrogen) atoms. The van der Waals surface area contributed by atoms with Crippen molar-refractivity contribution < 1.29 is 0 Å². The van der Waals surface area contributed by atoms with Crippen molar-refractivity contribution in [1.82, 2.24) is 0 Å². The van der Waals surface area contributed by atoms with Crippen LogP contribution in [0.1, 0.15) is 115 Å². The van der Waals surface area contributed by atoms with Gasteiger partial charge in [-0.2, -0.15) is 0 Å². The van der Waals surface area contributed by atoms with Crippen LogP contribution < -0.4 is 14.5 Å². The Morgan fingerprint density at radius 2 is 0.978 bits per heavy atom. The second-order valence-electron chi connectivity index (χ2n) is 13.2. The zero-order chi connectivity index (χ0) is 33.5. The summed E-state index contributed by atoms with van der Waals surface area (Å²) in [6, 6.07) is 35.5. The number of hydrogen-bond acceptors (Lipinski definition) is 2. The van der Waals surface area contributed by atoms with Crippen molar-refractivity contribution in [3.8, 4) is 0 Å². The van der Waals surface area contributed by atoms with Crippen molar-refractivity contribution in [3.05, 3.63) is 130 Å². The van der Waals surface area contributed by atoms with Crippen LogP contribution in [0.2, 0.25) is 0 Å². The van der Waals surface area contributed by atoms with Crippen molar-refractivity contribution in [2.24, 2.45) is 4.99 Å². The van der Waals surface area contributed by atoms with Crippen LogP contribution in [0, 0.1) is 0 Å². The average Bonchev–Trinajstić information content (AvgIpc) is 3.04. The molecule has 0 heterocycles. The van der Waals surface area contributed by atoms with Crippen LogP contribution in [-0.4, -0.2) is 20.4 Å². The number of nitrogens with zero attached hydrogens (tertiary/aromatic N) is 2.